The SMILES string of the molecule is Nc1cc(Br)cc(-c2nn3c(C4CCC4)nnc3s2)c1. The zero-order chi connectivity index (χ0) is 13.7. The molecule has 0 spiro atoms. The number of rotatable bonds is 2. The van der Waals surface area contributed by atoms with E-state index in [1.165, 1.54) is 19.3 Å². The minimum absolute atomic E-state index is 0.521. The highest BCUT2D eigenvalue weighted by molar-refractivity contribution is 9.10. The highest BCUT2D eigenvalue weighted by atomic mass is 79.9. The predicted octanol–water partition coefficient (Wildman–Crippen LogP) is 3.47. The standard InChI is InChI=1S/C13H12BrN5S/c14-9-4-8(5-10(15)6-9)12-18-19-11(7-2-1-3-7)16-17-13(19)20-12/h4-7H,1-3,15H2. The average molecular weight is 350 g/mol. The first-order valence-electron chi connectivity index (χ1n) is 6.49. The number of hydrogen-bond acceptors (Lipinski definition) is 5. The quantitative estimate of drug-likeness (QED) is 0.719. The van der Waals surface area contributed by atoms with Crippen molar-refractivity contribution in [3.8, 4) is 10.6 Å². The number of aromatic nitrogens is 4. The summed E-state index contributed by atoms with van der Waals surface area (Å²) in [5.74, 6) is 1.52. The average Bonchev–Trinajstić information content (AvgIpc) is 2.87. The fraction of sp³-hybridized carbons (Fsp3) is 0.308. The minimum atomic E-state index is 0.521. The van der Waals surface area contributed by atoms with Crippen molar-refractivity contribution in [1.82, 2.24) is 19.8 Å². The summed E-state index contributed by atoms with van der Waals surface area (Å²) < 4.78 is 2.85. The molecular formula is C13H12BrN5S. The number of benzene rings is 1. The van der Waals surface area contributed by atoms with E-state index >= 15 is 0 Å². The Balaban J connectivity index is 1.82. The van der Waals surface area contributed by atoms with Gasteiger partial charge in [0.2, 0.25) is 4.96 Å². The first kappa shape index (κ1) is 12.3. The molecule has 0 saturated heterocycles. The number of nitrogens with zero attached hydrogens (tertiary/aromatic N) is 4. The van der Waals surface area contributed by atoms with Crippen LogP contribution in [0.4, 0.5) is 5.69 Å². The number of anilines is 1. The van der Waals surface area contributed by atoms with E-state index in [1.807, 2.05) is 22.7 Å². The van der Waals surface area contributed by atoms with E-state index in [1.54, 1.807) is 11.3 Å². The summed E-state index contributed by atoms with van der Waals surface area (Å²) in [6.45, 7) is 0. The van der Waals surface area contributed by atoms with E-state index in [-0.39, 0.29) is 0 Å². The maximum absolute atomic E-state index is 5.89. The predicted molar refractivity (Wildman–Crippen MR) is 82.8 cm³/mol. The lowest BCUT2D eigenvalue weighted by molar-refractivity contribution is 0.395. The molecule has 7 heteroatoms. The van der Waals surface area contributed by atoms with Crippen LogP contribution in [0.2, 0.25) is 0 Å². The first-order valence-corrected chi connectivity index (χ1v) is 8.10. The second-order valence-electron chi connectivity index (χ2n) is 5.06. The van der Waals surface area contributed by atoms with Crippen LogP contribution in [0.25, 0.3) is 15.5 Å². The van der Waals surface area contributed by atoms with Crippen LogP contribution in [0, 0.1) is 0 Å². The van der Waals surface area contributed by atoms with Crippen LogP contribution in [0.15, 0.2) is 22.7 Å². The third-order valence-corrected chi connectivity index (χ3v) is 5.06. The molecule has 3 aromatic rings. The first-order chi connectivity index (χ1) is 9.70. The summed E-state index contributed by atoms with van der Waals surface area (Å²) in [5, 5.41) is 14.1. The second-order valence-corrected chi connectivity index (χ2v) is 6.93. The Labute approximate surface area is 128 Å². The van der Waals surface area contributed by atoms with E-state index in [0.717, 1.165) is 31.5 Å². The van der Waals surface area contributed by atoms with Gasteiger partial charge in [-0.2, -0.15) is 9.61 Å². The van der Waals surface area contributed by atoms with Crippen LogP contribution in [0.5, 0.6) is 0 Å². The maximum atomic E-state index is 5.89. The summed E-state index contributed by atoms with van der Waals surface area (Å²) in [6.07, 6.45) is 3.66. The van der Waals surface area contributed by atoms with Crippen LogP contribution in [-0.2, 0) is 0 Å². The fourth-order valence-electron chi connectivity index (χ4n) is 2.41. The van der Waals surface area contributed by atoms with Gasteiger partial charge in [0.1, 0.15) is 5.01 Å². The summed E-state index contributed by atoms with van der Waals surface area (Å²) in [7, 11) is 0. The molecule has 0 atom stereocenters. The van der Waals surface area contributed by atoms with Crippen molar-refractivity contribution < 1.29 is 0 Å². The third kappa shape index (κ3) is 1.92. The second kappa shape index (κ2) is 4.53. The monoisotopic (exact) mass is 349 g/mol. The molecule has 1 fully saturated rings. The number of hydrogen-bond donors (Lipinski definition) is 1. The molecule has 0 amide bonds. The zero-order valence-electron chi connectivity index (χ0n) is 10.6. The maximum Gasteiger partial charge on any atom is 0.234 e. The summed E-state index contributed by atoms with van der Waals surface area (Å²) >= 11 is 5.01. The molecule has 0 unspecified atom stereocenters. The Morgan fingerprint density at radius 1 is 1.25 bits per heavy atom. The van der Waals surface area contributed by atoms with E-state index in [9.17, 15) is 0 Å². The van der Waals surface area contributed by atoms with Gasteiger partial charge in [-0.15, -0.1) is 10.2 Å². The summed E-state index contributed by atoms with van der Waals surface area (Å²) in [5.41, 5.74) is 7.62. The van der Waals surface area contributed by atoms with Crippen molar-refractivity contribution >= 4 is 37.9 Å². The molecule has 2 aromatic heterocycles. The number of nitrogens with two attached hydrogens (primary N) is 1. The molecule has 1 aliphatic rings. The molecule has 1 saturated carbocycles. The lowest BCUT2D eigenvalue weighted by Gasteiger charge is -2.22. The molecule has 0 bridgehead atoms. The lowest BCUT2D eigenvalue weighted by atomic mass is 9.85. The third-order valence-electron chi connectivity index (χ3n) is 3.65. The van der Waals surface area contributed by atoms with Crippen molar-refractivity contribution in [2.75, 3.05) is 5.73 Å². The van der Waals surface area contributed by atoms with Gasteiger partial charge in [0.25, 0.3) is 0 Å². The van der Waals surface area contributed by atoms with E-state index in [0.29, 0.717) is 5.92 Å². The van der Waals surface area contributed by atoms with E-state index in [2.05, 4.69) is 31.2 Å². The van der Waals surface area contributed by atoms with Gasteiger partial charge < -0.3 is 5.73 Å². The molecular weight excluding hydrogens is 338 g/mol. The molecule has 1 aromatic carbocycles. The summed E-state index contributed by atoms with van der Waals surface area (Å²) in [6, 6.07) is 5.83. The van der Waals surface area contributed by atoms with Gasteiger partial charge in [-0.05, 0) is 31.0 Å². The molecule has 2 heterocycles. The van der Waals surface area contributed by atoms with Crippen LogP contribution >= 0.6 is 27.3 Å². The van der Waals surface area contributed by atoms with E-state index in [4.69, 9.17) is 5.73 Å². The highest BCUT2D eigenvalue weighted by Gasteiger charge is 2.26. The van der Waals surface area contributed by atoms with Crippen molar-refractivity contribution in [1.29, 1.82) is 0 Å². The Kier molecular flexibility index (Phi) is 2.78. The van der Waals surface area contributed by atoms with Crippen LogP contribution in [-0.4, -0.2) is 19.8 Å². The van der Waals surface area contributed by atoms with Crippen molar-refractivity contribution in [3.05, 3.63) is 28.5 Å². The molecule has 1 aliphatic carbocycles. The van der Waals surface area contributed by atoms with Crippen LogP contribution in [0.3, 0.4) is 0 Å². The number of fused-ring (bicyclic) bond motifs is 1. The Morgan fingerprint density at radius 3 is 2.80 bits per heavy atom. The zero-order valence-corrected chi connectivity index (χ0v) is 13.0. The van der Waals surface area contributed by atoms with E-state index < -0.39 is 0 Å². The van der Waals surface area contributed by atoms with Gasteiger partial charge in [0.15, 0.2) is 5.82 Å². The molecule has 0 radical (unpaired) electrons. The van der Waals surface area contributed by atoms with Crippen molar-refractivity contribution in [3.63, 3.8) is 0 Å². The number of halogens is 1. The topological polar surface area (TPSA) is 69.1 Å². The van der Waals surface area contributed by atoms with Crippen LogP contribution < -0.4 is 5.73 Å². The molecule has 20 heavy (non-hydrogen) atoms. The molecule has 4 rings (SSSR count). The smallest absolute Gasteiger partial charge is 0.234 e. The Hall–Kier alpha value is -1.47. The normalized spacial score (nSPS) is 15.7. The lowest BCUT2D eigenvalue weighted by Crippen LogP contribution is -2.12. The fourth-order valence-corrected chi connectivity index (χ4v) is 3.75. The van der Waals surface area contributed by atoms with Crippen molar-refractivity contribution in [2.45, 2.75) is 25.2 Å². The van der Waals surface area contributed by atoms with Crippen molar-refractivity contribution in [2.24, 2.45) is 0 Å². The highest BCUT2D eigenvalue weighted by Crippen LogP contribution is 2.37. The Bertz CT molecular complexity index is 769. The van der Waals surface area contributed by atoms with Gasteiger partial charge in [0.05, 0.1) is 0 Å². The largest absolute Gasteiger partial charge is 0.399 e. The van der Waals surface area contributed by atoms with Gasteiger partial charge in [-0.3, -0.25) is 0 Å². The summed E-state index contributed by atoms with van der Waals surface area (Å²) in [4.78, 5) is 0.848. The molecule has 5 nitrogen and oxygen atoms in total. The molecule has 0 aliphatic heterocycles. The molecule has 2 N–H and O–H groups in total. The Morgan fingerprint density at radius 2 is 2.10 bits per heavy atom. The molecule has 102 valence electrons. The number of nitrogen functional groups attached to an aromatic ring is 1. The minimum Gasteiger partial charge on any atom is -0.399 e. The van der Waals surface area contributed by atoms with Gasteiger partial charge in [-0.1, -0.05) is 33.7 Å². The van der Waals surface area contributed by atoms with Gasteiger partial charge >= 0.3 is 0 Å². The van der Waals surface area contributed by atoms with Crippen LogP contribution in [0.1, 0.15) is 31.0 Å². The van der Waals surface area contributed by atoms with Gasteiger partial charge in [0, 0.05) is 21.6 Å². The van der Waals surface area contributed by atoms with Gasteiger partial charge in [-0.25, -0.2) is 0 Å².